The van der Waals surface area contributed by atoms with Gasteiger partial charge in [0.1, 0.15) is 12.4 Å². The smallest absolute Gasteiger partial charge is 0.255 e. The highest BCUT2D eigenvalue weighted by atomic mass is 16.1. The minimum atomic E-state index is -0.359. The van der Waals surface area contributed by atoms with E-state index in [1.165, 1.54) is 6.33 Å². The van der Waals surface area contributed by atoms with E-state index in [0.29, 0.717) is 11.5 Å². The molecule has 0 spiro atoms. The Kier molecular flexibility index (Phi) is 3.38. The van der Waals surface area contributed by atoms with Crippen molar-refractivity contribution >= 4 is 17.5 Å². The molecule has 7 heteroatoms. The van der Waals surface area contributed by atoms with Crippen LogP contribution in [0.4, 0.5) is 11.6 Å². The summed E-state index contributed by atoms with van der Waals surface area (Å²) in [6, 6.07) is 12.9. The number of H-pyrrole nitrogens is 1. The van der Waals surface area contributed by atoms with Crippen LogP contribution in [0, 0.1) is 0 Å². The van der Waals surface area contributed by atoms with Crippen LogP contribution in [0.3, 0.4) is 0 Å². The second-order valence-corrected chi connectivity index (χ2v) is 5.54. The topological polar surface area (TPSA) is 87.6 Å². The summed E-state index contributed by atoms with van der Waals surface area (Å²) >= 11 is 0. The van der Waals surface area contributed by atoms with Crippen LogP contribution in [0.25, 0.3) is 0 Å². The zero-order valence-electron chi connectivity index (χ0n) is 13.0. The third-order valence-corrected chi connectivity index (χ3v) is 3.99. The van der Waals surface area contributed by atoms with E-state index in [2.05, 4.69) is 25.7 Å². The lowest BCUT2D eigenvalue weighted by Crippen LogP contribution is -2.31. The molecule has 0 saturated heterocycles. The van der Waals surface area contributed by atoms with Crippen LogP contribution in [0.2, 0.25) is 0 Å². The number of rotatable bonds is 3. The van der Waals surface area contributed by atoms with Crippen molar-refractivity contribution in [3.8, 4) is 0 Å². The molecule has 0 bridgehead atoms. The highest BCUT2D eigenvalue weighted by Crippen LogP contribution is 2.34. The zero-order valence-corrected chi connectivity index (χ0v) is 13.0. The van der Waals surface area contributed by atoms with E-state index < -0.39 is 0 Å². The molecule has 1 aromatic carbocycles. The molecule has 3 heterocycles. The molecule has 3 N–H and O–H groups in total. The first-order chi connectivity index (χ1) is 11.7. The van der Waals surface area contributed by atoms with Crippen LogP contribution in [0.5, 0.6) is 0 Å². The molecule has 0 aliphatic carbocycles. The number of carbonyl (C=O) groups is 1. The molecule has 1 amide bonds. The summed E-state index contributed by atoms with van der Waals surface area (Å²) in [5.41, 5.74) is 2.97. The molecule has 1 aliphatic rings. The number of carbonyl (C=O) groups excluding carboxylic acids is 1. The Morgan fingerprint density at radius 2 is 2.04 bits per heavy atom. The molecule has 24 heavy (non-hydrogen) atoms. The van der Waals surface area contributed by atoms with Gasteiger partial charge in [0.2, 0.25) is 5.95 Å². The average molecular weight is 320 g/mol. The van der Waals surface area contributed by atoms with Crippen molar-refractivity contribution in [1.29, 1.82) is 0 Å². The van der Waals surface area contributed by atoms with E-state index in [0.717, 1.165) is 17.1 Å². The number of amides is 1. The molecule has 4 rings (SSSR count). The summed E-state index contributed by atoms with van der Waals surface area (Å²) in [7, 11) is 0. The highest BCUT2D eigenvalue weighted by molar-refractivity contribution is 6.05. The molecule has 120 valence electrons. The van der Waals surface area contributed by atoms with Gasteiger partial charge in [0.05, 0.1) is 5.57 Å². The van der Waals surface area contributed by atoms with E-state index in [9.17, 15) is 4.79 Å². The predicted molar refractivity (Wildman–Crippen MR) is 90.3 cm³/mol. The number of aromatic amines is 1. The van der Waals surface area contributed by atoms with Crippen molar-refractivity contribution in [2.75, 3.05) is 10.6 Å². The molecular weight excluding hydrogens is 304 g/mol. The average Bonchev–Trinajstić information content (AvgIpc) is 3.25. The molecule has 1 atom stereocenters. The Hall–Kier alpha value is -3.35. The van der Waals surface area contributed by atoms with Crippen molar-refractivity contribution in [1.82, 2.24) is 19.7 Å². The van der Waals surface area contributed by atoms with Crippen LogP contribution in [-0.4, -0.2) is 25.7 Å². The number of para-hydroxylation sites is 1. The third-order valence-electron chi connectivity index (χ3n) is 3.99. The predicted octanol–water partition coefficient (Wildman–Crippen LogP) is 2.53. The lowest BCUT2D eigenvalue weighted by molar-refractivity contribution is -0.113. The Morgan fingerprint density at radius 3 is 2.79 bits per heavy atom. The molecule has 0 fully saturated rings. The van der Waals surface area contributed by atoms with Crippen molar-refractivity contribution in [3.05, 3.63) is 72.0 Å². The Labute approximate surface area is 138 Å². The first kappa shape index (κ1) is 14.3. The van der Waals surface area contributed by atoms with Gasteiger partial charge in [0.25, 0.3) is 5.91 Å². The first-order valence-corrected chi connectivity index (χ1v) is 7.61. The molecule has 1 aliphatic heterocycles. The minimum Gasteiger partial charge on any atom is -0.363 e. The number of benzene rings is 1. The molecule has 2 aromatic heterocycles. The second kappa shape index (κ2) is 5.69. The van der Waals surface area contributed by atoms with Gasteiger partial charge in [-0.05, 0) is 31.2 Å². The van der Waals surface area contributed by atoms with Gasteiger partial charge < -0.3 is 15.6 Å². The van der Waals surface area contributed by atoms with Crippen molar-refractivity contribution < 1.29 is 4.79 Å². The second-order valence-electron chi connectivity index (χ2n) is 5.54. The van der Waals surface area contributed by atoms with Crippen LogP contribution < -0.4 is 10.6 Å². The summed E-state index contributed by atoms with van der Waals surface area (Å²) in [6.07, 6.45) is 3.31. The summed E-state index contributed by atoms with van der Waals surface area (Å²) in [6.45, 7) is 1.87. The van der Waals surface area contributed by atoms with Crippen LogP contribution in [-0.2, 0) is 4.79 Å². The fourth-order valence-corrected chi connectivity index (χ4v) is 2.91. The standard InChI is InChI=1S/C17H16N6O/c1-11-14(16(24)22-12-6-3-2-4-7-12)15(13-8-5-9-18-13)23-17(21-11)19-10-20-23/h2-10,15,18H,1H3,(H,22,24)(H,19,20,21)/t15-/m0/s1. The number of anilines is 2. The lowest BCUT2D eigenvalue weighted by Gasteiger charge is -2.27. The molecular formula is C17H16N6O. The van der Waals surface area contributed by atoms with E-state index in [-0.39, 0.29) is 11.9 Å². The Bertz CT molecular complexity index is 894. The van der Waals surface area contributed by atoms with Gasteiger partial charge in [-0.25, -0.2) is 4.68 Å². The lowest BCUT2D eigenvalue weighted by atomic mass is 9.99. The zero-order chi connectivity index (χ0) is 16.5. The van der Waals surface area contributed by atoms with E-state index >= 15 is 0 Å². The number of nitrogens with zero attached hydrogens (tertiary/aromatic N) is 3. The summed E-state index contributed by atoms with van der Waals surface area (Å²) < 4.78 is 1.71. The fraction of sp³-hybridized carbons (Fsp3) is 0.118. The van der Waals surface area contributed by atoms with Gasteiger partial charge in [-0.3, -0.25) is 4.79 Å². The van der Waals surface area contributed by atoms with Gasteiger partial charge in [-0.2, -0.15) is 10.1 Å². The molecule has 3 aromatic rings. The van der Waals surface area contributed by atoms with E-state index in [1.807, 2.05) is 55.6 Å². The Morgan fingerprint density at radius 1 is 1.21 bits per heavy atom. The normalized spacial score (nSPS) is 16.5. The largest absolute Gasteiger partial charge is 0.363 e. The number of nitrogens with one attached hydrogen (secondary N) is 3. The van der Waals surface area contributed by atoms with Gasteiger partial charge in [0.15, 0.2) is 0 Å². The minimum absolute atomic E-state index is 0.174. The SMILES string of the molecule is CC1=C(C(=O)Nc2ccccc2)[C@H](c2ccc[nH]2)n2ncnc2N1. The van der Waals surface area contributed by atoms with Crippen molar-refractivity contribution in [3.63, 3.8) is 0 Å². The maximum Gasteiger partial charge on any atom is 0.255 e. The maximum absolute atomic E-state index is 12.9. The summed E-state index contributed by atoms with van der Waals surface area (Å²) in [4.78, 5) is 20.3. The van der Waals surface area contributed by atoms with Crippen LogP contribution in [0.1, 0.15) is 18.7 Å². The van der Waals surface area contributed by atoms with Crippen molar-refractivity contribution in [2.24, 2.45) is 0 Å². The maximum atomic E-state index is 12.9. The van der Waals surface area contributed by atoms with E-state index in [4.69, 9.17) is 0 Å². The van der Waals surface area contributed by atoms with Crippen LogP contribution >= 0.6 is 0 Å². The number of fused-ring (bicyclic) bond motifs is 1. The Balaban J connectivity index is 1.75. The summed E-state index contributed by atoms with van der Waals surface area (Å²) in [5, 5.41) is 10.4. The molecule has 7 nitrogen and oxygen atoms in total. The fourth-order valence-electron chi connectivity index (χ4n) is 2.91. The number of aromatic nitrogens is 4. The van der Waals surface area contributed by atoms with E-state index in [1.54, 1.807) is 4.68 Å². The quantitative estimate of drug-likeness (QED) is 0.692. The molecule has 0 unspecified atom stereocenters. The number of allylic oxidation sites excluding steroid dienone is 1. The van der Waals surface area contributed by atoms with Gasteiger partial charge >= 0.3 is 0 Å². The van der Waals surface area contributed by atoms with Crippen molar-refractivity contribution in [2.45, 2.75) is 13.0 Å². The number of hydrogen-bond donors (Lipinski definition) is 3. The molecule has 0 saturated carbocycles. The van der Waals surface area contributed by atoms with Gasteiger partial charge in [0, 0.05) is 23.3 Å². The van der Waals surface area contributed by atoms with Gasteiger partial charge in [-0.15, -0.1) is 0 Å². The monoisotopic (exact) mass is 320 g/mol. The third kappa shape index (κ3) is 2.36. The molecule has 0 radical (unpaired) electrons. The van der Waals surface area contributed by atoms with Gasteiger partial charge in [-0.1, -0.05) is 18.2 Å². The first-order valence-electron chi connectivity index (χ1n) is 7.61. The number of hydrogen-bond acceptors (Lipinski definition) is 4. The van der Waals surface area contributed by atoms with Crippen LogP contribution in [0.15, 0.2) is 66.3 Å². The highest BCUT2D eigenvalue weighted by Gasteiger charge is 2.33. The summed E-state index contributed by atoms with van der Waals surface area (Å²) in [5.74, 6) is 0.440.